The summed E-state index contributed by atoms with van der Waals surface area (Å²) in [5, 5.41) is 2.95. The Balaban J connectivity index is 1.86. The fourth-order valence-electron chi connectivity index (χ4n) is 5.11. The quantitative estimate of drug-likeness (QED) is 0.172. The van der Waals surface area contributed by atoms with E-state index in [4.69, 9.17) is 9.47 Å². The van der Waals surface area contributed by atoms with Gasteiger partial charge in [-0.1, -0.05) is 74.0 Å². The summed E-state index contributed by atoms with van der Waals surface area (Å²) in [5.74, 6) is -0.813. The van der Waals surface area contributed by atoms with Crippen molar-refractivity contribution in [3.63, 3.8) is 0 Å². The molecule has 11 heteroatoms. The number of benzene rings is 4. The minimum atomic E-state index is -4.36. The van der Waals surface area contributed by atoms with Gasteiger partial charge in [0.1, 0.15) is 29.9 Å². The summed E-state index contributed by atoms with van der Waals surface area (Å²) in [6, 6.07) is 24.8. The zero-order valence-corrected chi connectivity index (χ0v) is 28.7. The van der Waals surface area contributed by atoms with E-state index < -0.39 is 40.2 Å². The van der Waals surface area contributed by atoms with Gasteiger partial charge in [0.2, 0.25) is 11.8 Å². The monoisotopic (exact) mass is 675 g/mol. The Labute approximate surface area is 282 Å². The maximum atomic E-state index is 14.7. The van der Waals surface area contributed by atoms with E-state index >= 15 is 0 Å². The molecule has 0 aliphatic heterocycles. The van der Waals surface area contributed by atoms with Gasteiger partial charge in [0.05, 0.1) is 24.8 Å². The largest absolute Gasteiger partial charge is 0.497 e. The summed E-state index contributed by atoms with van der Waals surface area (Å²) in [6.07, 6.45) is 0.158. The van der Waals surface area contributed by atoms with Crippen LogP contribution in [0.25, 0.3) is 0 Å². The van der Waals surface area contributed by atoms with Crippen LogP contribution in [0.5, 0.6) is 11.5 Å². The standard InChI is InChI=1S/C37H42FN3O6S/c1-26(2)23-39-37(43)34(21-28-9-7-6-8-10-28)40(24-29-13-15-30(38)16-14-29)36(42)25-41(33-22-31(46-4)17-20-35(33)47-5)48(44,45)32-18-11-27(3)12-19-32/h6-20,22,26,34H,21,23-25H2,1-5H3,(H,39,43)/t34-/m0/s1. The molecule has 0 saturated carbocycles. The van der Waals surface area contributed by atoms with Crippen molar-refractivity contribution in [3.05, 3.63) is 120 Å². The van der Waals surface area contributed by atoms with Gasteiger partial charge in [0, 0.05) is 25.6 Å². The molecule has 0 fully saturated rings. The number of aryl methyl sites for hydroxylation is 1. The van der Waals surface area contributed by atoms with Gasteiger partial charge in [0.25, 0.3) is 10.0 Å². The Bertz CT molecular complexity index is 1780. The predicted octanol–water partition coefficient (Wildman–Crippen LogP) is 5.76. The van der Waals surface area contributed by atoms with Crippen LogP contribution < -0.4 is 19.1 Å². The average Bonchev–Trinajstić information content (AvgIpc) is 3.08. The van der Waals surface area contributed by atoms with Crippen molar-refractivity contribution in [2.45, 2.75) is 44.7 Å². The summed E-state index contributed by atoms with van der Waals surface area (Å²) in [4.78, 5) is 29.9. The van der Waals surface area contributed by atoms with Gasteiger partial charge in [0.15, 0.2) is 0 Å². The van der Waals surface area contributed by atoms with Gasteiger partial charge < -0.3 is 19.7 Å². The first-order valence-corrected chi connectivity index (χ1v) is 17.0. The van der Waals surface area contributed by atoms with Crippen molar-refractivity contribution in [2.24, 2.45) is 5.92 Å². The number of carbonyl (C=O) groups excluding carboxylic acids is 2. The molecule has 4 rings (SSSR count). The fourth-order valence-corrected chi connectivity index (χ4v) is 6.52. The molecule has 48 heavy (non-hydrogen) atoms. The highest BCUT2D eigenvalue weighted by molar-refractivity contribution is 7.92. The molecule has 2 amide bonds. The Hall–Kier alpha value is -4.90. The number of halogens is 1. The third-order valence-electron chi connectivity index (χ3n) is 7.76. The number of hydrogen-bond donors (Lipinski definition) is 1. The van der Waals surface area contributed by atoms with Crippen LogP contribution in [0.2, 0.25) is 0 Å². The average molecular weight is 676 g/mol. The zero-order chi connectivity index (χ0) is 34.8. The van der Waals surface area contributed by atoms with E-state index in [1.807, 2.05) is 51.1 Å². The number of nitrogens with zero attached hydrogens (tertiary/aromatic N) is 2. The number of sulfonamides is 1. The highest BCUT2D eigenvalue weighted by Gasteiger charge is 2.36. The first kappa shape index (κ1) is 35.9. The molecule has 0 heterocycles. The zero-order valence-electron chi connectivity index (χ0n) is 27.9. The smallest absolute Gasteiger partial charge is 0.264 e. The second-order valence-electron chi connectivity index (χ2n) is 11.9. The molecule has 9 nitrogen and oxygen atoms in total. The Morgan fingerprint density at radius 3 is 2.12 bits per heavy atom. The molecular formula is C37H42FN3O6S. The number of amides is 2. The summed E-state index contributed by atoms with van der Waals surface area (Å²) >= 11 is 0. The topological polar surface area (TPSA) is 105 Å². The number of hydrogen-bond acceptors (Lipinski definition) is 6. The Morgan fingerprint density at radius 2 is 1.52 bits per heavy atom. The molecule has 4 aromatic rings. The van der Waals surface area contributed by atoms with E-state index in [9.17, 15) is 22.4 Å². The number of carbonyl (C=O) groups is 2. The van der Waals surface area contributed by atoms with Crippen LogP contribution in [0, 0.1) is 18.7 Å². The molecule has 0 aliphatic rings. The highest BCUT2D eigenvalue weighted by atomic mass is 32.2. The van der Waals surface area contributed by atoms with Crippen LogP contribution in [-0.2, 0) is 32.6 Å². The summed E-state index contributed by atoms with van der Waals surface area (Å²) in [6.45, 7) is 5.38. The lowest BCUT2D eigenvalue weighted by molar-refractivity contribution is -0.140. The highest BCUT2D eigenvalue weighted by Crippen LogP contribution is 2.36. The molecule has 0 unspecified atom stereocenters. The lowest BCUT2D eigenvalue weighted by Gasteiger charge is -2.34. The van der Waals surface area contributed by atoms with E-state index in [0.717, 1.165) is 15.4 Å². The molecule has 0 saturated heterocycles. The van der Waals surface area contributed by atoms with Crippen molar-refractivity contribution in [3.8, 4) is 11.5 Å². The molecule has 0 aromatic heterocycles. The lowest BCUT2D eigenvalue weighted by atomic mass is 10.0. The number of ether oxygens (including phenoxy) is 2. The fraction of sp³-hybridized carbons (Fsp3) is 0.297. The van der Waals surface area contributed by atoms with E-state index in [0.29, 0.717) is 17.9 Å². The van der Waals surface area contributed by atoms with Crippen LogP contribution in [0.4, 0.5) is 10.1 Å². The molecule has 0 aliphatic carbocycles. The van der Waals surface area contributed by atoms with E-state index in [2.05, 4.69) is 5.32 Å². The molecule has 1 atom stereocenters. The van der Waals surface area contributed by atoms with E-state index in [1.165, 1.54) is 61.6 Å². The van der Waals surface area contributed by atoms with E-state index in [-0.39, 0.29) is 35.2 Å². The Kier molecular flexibility index (Phi) is 12.2. The molecule has 4 aromatic carbocycles. The SMILES string of the molecule is COc1ccc(OC)c(N(CC(=O)N(Cc2ccc(F)cc2)[C@@H](Cc2ccccc2)C(=O)NCC(C)C)S(=O)(=O)c2ccc(C)cc2)c1. The van der Waals surface area contributed by atoms with Crippen molar-refractivity contribution in [1.82, 2.24) is 10.2 Å². The third kappa shape index (κ3) is 9.13. The van der Waals surface area contributed by atoms with Crippen LogP contribution in [0.15, 0.2) is 102 Å². The summed E-state index contributed by atoms with van der Waals surface area (Å²) in [7, 11) is -1.51. The van der Waals surface area contributed by atoms with Crippen LogP contribution in [0.1, 0.15) is 30.5 Å². The van der Waals surface area contributed by atoms with Crippen LogP contribution in [-0.4, -0.2) is 58.5 Å². The maximum Gasteiger partial charge on any atom is 0.264 e. The van der Waals surface area contributed by atoms with Gasteiger partial charge in [-0.2, -0.15) is 0 Å². The van der Waals surface area contributed by atoms with Crippen LogP contribution in [0.3, 0.4) is 0 Å². The normalized spacial score (nSPS) is 11.9. The molecule has 0 bridgehead atoms. The molecule has 254 valence electrons. The predicted molar refractivity (Wildman–Crippen MR) is 184 cm³/mol. The van der Waals surface area contributed by atoms with Crippen molar-refractivity contribution < 1.29 is 31.9 Å². The third-order valence-corrected chi connectivity index (χ3v) is 9.54. The number of anilines is 1. The maximum absolute atomic E-state index is 14.7. The Morgan fingerprint density at radius 1 is 0.854 bits per heavy atom. The minimum Gasteiger partial charge on any atom is -0.497 e. The van der Waals surface area contributed by atoms with Crippen molar-refractivity contribution >= 4 is 27.5 Å². The van der Waals surface area contributed by atoms with Crippen LogP contribution >= 0.6 is 0 Å². The van der Waals surface area contributed by atoms with Gasteiger partial charge in [-0.3, -0.25) is 13.9 Å². The van der Waals surface area contributed by atoms with E-state index in [1.54, 1.807) is 24.3 Å². The number of rotatable bonds is 15. The second-order valence-corrected chi connectivity index (χ2v) is 13.7. The lowest BCUT2D eigenvalue weighted by Crippen LogP contribution is -2.53. The minimum absolute atomic E-state index is 0.0358. The molecular weight excluding hydrogens is 633 g/mol. The van der Waals surface area contributed by atoms with Gasteiger partial charge in [-0.15, -0.1) is 0 Å². The first-order valence-electron chi connectivity index (χ1n) is 15.6. The summed E-state index contributed by atoms with van der Waals surface area (Å²) in [5.41, 5.74) is 2.30. The van der Waals surface area contributed by atoms with Gasteiger partial charge in [-0.05, 0) is 60.4 Å². The van der Waals surface area contributed by atoms with Gasteiger partial charge in [-0.25, -0.2) is 12.8 Å². The first-order chi connectivity index (χ1) is 22.9. The summed E-state index contributed by atoms with van der Waals surface area (Å²) < 4.78 is 54.6. The molecule has 0 radical (unpaired) electrons. The van der Waals surface area contributed by atoms with Crippen molar-refractivity contribution in [1.29, 1.82) is 0 Å². The number of methoxy groups -OCH3 is 2. The van der Waals surface area contributed by atoms with Crippen molar-refractivity contribution in [2.75, 3.05) is 31.6 Å². The second kappa shape index (κ2) is 16.3. The number of nitrogens with one attached hydrogen (secondary N) is 1. The molecule has 1 N–H and O–H groups in total. The van der Waals surface area contributed by atoms with Gasteiger partial charge >= 0.3 is 0 Å². The molecule has 0 spiro atoms.